The molecule has 1 aliphatic heterocycles. The van der Waals surface area contributed by atoms with Crippen molar-refractivity contribution in [3.05, 3.63) is 48.3 Å². The third-order valence-electron chi connectivity index (χ3n) is 4.23. The summed E-state index contributed by atoms with van der Waals surface area (Å²) in [5.41, 5.74) is -0.240. The van der Waals surface area contributed by atoms with Crippen LogP contribution in [0.25, 0.3) is 0 Å². The third kappa shape index (κ3) is 4.85. The van der Waals surface area contributed by atoms with Gasteiger partial charge in [-0.25, -0.2) is 23.1 Å². The summed E-state index contributed by atoms with van der Waals surface area (Å²) in [7, 11) is -3.70. The minimum atomic E-state index is -3.70. The Bertz CT molecular complexity index is 934. The lowest BCUT2D eigenvalue weighted by Gasteiger charge is -2.34. The lowest BCUT2D eigenvalue weighted by atomic mass is 10.1. The molecule has 9 heteroatoms. The van der Waals surface area contributed by atoms with Gasteiger partial charge in [0.2, 0.25) is 16.0 Å². The number of carbonyl (C=O) groups is 1. The molecular weight excluding hydrogens is 378 g/mol. The second-order valence-electron chi connectivity index (χ2n) is 7.71. The normalized spacial score (nSPS) is 15.5. The van der Waals surface area contributed by atoms with Crippen LogP contribution in [0.1, 0.15) is 31.1 Å². The monoisotopic (exact) mass is 403 g/mol. The van der Waals surface area contributed by atoms with Gasteiger partial charge in [-0.05, 0) is 45.0 Å². The van der Waals surface area contributed by atoms with Gasteiger partial charge in [-0.2, -0.15) is 0 Å². The summed E-state index contributed by atoms with van der Waals surface area (Å²) in [4.78, 5) is 25.2. The number of hydrogen-bond acceptors (Lipinski definition) is 6. The fraction of sp³-hybridized carbons (Fsp3) is 0.421. The number of aromatic nitrogens is 2. The Hall–Kier alpha value is -2.52. The second-order valence-corrected chi connectivity index (χ2v) is 9.39. The summed E-state index contributed by atoms with van der Waals surface area (Å²) in [5, 5.41) is 0. The Kier molecular flexibility index (Phi) is 5.66. The van der Waals surface area contributed by atoms with Gasteiger partial charge in [-0.1, -0.05) is 6.07 Å². The average molecular weight is 404 g/mol. The number of benzene rings is 1. The molecule has 1 fully saturated rings. The smallest absolute Gasteiger partial charge is 0.254 e. The van der Waals surface area contributed by atoms with Crippen molar-refractivity contribution in [2.75, 3.05) is 31.1 Å². The number of sulfonamides is 1. The number of piperazine rings is 1. The number of hydrogen-bond donors (Lipinski definition) is 1. The van der Waals surface area contributed by atoms with Crippen molar-refractivity contribution >= 4 is 21.9 Å². The first-order valence-corrected chi connectivity index (χ1v) is 10.6. The number of amides is 1. The molecule has 1 saturated heterocycles. The molecule has 0 atom stereocenters. The number of nitrogens with one attached hydrogen (secondary N) is 1. The molecule has 3 rings (SSSR count). The molecule has 1 N–H and O–H groups in total. The van der Waals surface area contributed by atoms with Crippen LogP contribution < -0.4 is 9.62 Å². The van der Waals surface area contributed by atoms with Gasteiger partial charge in [0.1, 0.15) is 0 Å². The maximum Gasteiger partial charge on any atom is 0.254 e. The SMILES string of the molecule is CC(C)(C)NS(=O)(=O)c1cccc(C(=O)N2CCN(c3ncccn3)CC2)c1. The first kappa shape index (κ1) is 20.2. The predicted octanol–water partition coefficient (Wildman–Crippen LogP) is 1.52. The van der Waals surface area contributed by atoms with Crippen LogP contribution >= 0.6 is 0 Å². The Morgan fingerprint density at radius 2 is 1.68 bits per heavy atom. The highest BCUT2D eigenvalue weighted by Gasteiger charge is 2.26. The average Bonchev–Trinajstić information content (AvgIpc) is 2.66. The fourth-order valence-electron chi connectivity index (χ4n) is 3.00. The molecular formula is C19H25N5O3S. The van der Waals surface area contributed by atoms with E-state index >= 15 is 0 Å². The summed E-state index contributed by atoms with van der Waals surface area (Å²) in [6.45, 7) is 7.61. The van der Waals surface area contributed by atoms with E-state index in [1.54, 1.807) is 56.3 Å². The maximum atomic E-state index is 12.9. The molecule has 8 nitrogen and oxygen atoms in total. The number of rotatable bonds is 4. The number of carbonyl (C=O) groups excluding carboxylic acids is 1. The van der Waals surface area contributed by atoms with E-state index in [9.17, 15) is 13.2 Å². The Labute approximate surface area is 165 Å². The Morgan fingerprint density at radius 1 is 1.04 bits per heavy atom. The van der Waals surface area contributed by atoms with Gasteiger partial charge in [0.05, 0.1) is 4.90 Å². The number of anilines is 1. The summed E-state index contributed by atoms with van der Waals surface area (Å²) in [6.07, 6.45) is 3.38. The first-order chi connectivity index (χ1) is 13.2. The summed E-state index contributed by atoms with van der Waals surface area (Å²) in [5.74, 6) is 0.470. The van der Waals surface area contributed by atoms with Crippen molar-refractivity contribution in [1.29, 1.82) is 0 Å². The van der Waals surface area contributed by atoms with E-state index in [0.29, 0.717) is 37.7 Å². The molecule has 0 spiro atoms. The molecule has 1 aromatic heterocycles. The van der Waals surface area contributed by atoms with Gasteiger partial charge in [-0.15, -0.1) is 0 Å². The quantitative estimate of drug-likeness (QED) is 0.832. The Morgan fingerprint density at radius 3 is 2.29 bits per heavy atom. The highest BCUT2D eigenvalue weighted by Crippen LogP contribution is 2.17. The molecule has 2 aromatic rings. The van der Waals surface area contributed by atoms with Crippen molar-refractivity contribution in [2.45, 2.75) is 31.2 Å². The van der Waals surface area contributed by atoms with Crippen molar-refractivity contribution in [2.24, 2.45) is 0 Å². The lowest BCUT2D eigenvalue weighted by molar-refractivity contribution is 0.0746. The standard InChI is InChI=1S/C19H25N5O3S/c1-19(2,3)22-28(26,27)16-7-4-6-15(14-16)17(25)23-10-12-24(13-11-23)18-20-8-5-9-21-18/h4-9,14,22H,10-13H2,1-3H3. The zero-order chi connectivity index (χ0) is 20.4. The van der Waals surface area contributed by atoms with Gasteiger partial charge in [0.15, 0.2) is 0 Å². The van der Waals surface area contributed by atoms with Gasteiger partial charge in [0.25, 0.3) is 5.91 Å². The van der Waals surface area contributed by atoms with Crippen LogP contribution in [0.5, 0.6) is 0 Å². The van der Waals surface area contributed by atoms with E-state index in [0.717, 1.165) is 0 Å². The minimum absolute atomic E-state index is 0.0876. The highest BCUT2D eigenvalue weighted by atomic mass is 32.2. The molecule has 0 aliphatic carbocycles. The van der Waals surface area contributed by atoms with Gasteiger partial charge in [-0.3, -0.25) is 4.79 Å². The summed E-state index contributed by atoms with van der Waals surface area (Å²) >= 11 is 0. The van der Waals surface area contributed by atoms with Crippen molar-refractivity contribution < 1.29 is 13.2 Å². The van der Waals surface area contributed by atoms with Crippen LogP contribution in [0.2, 0.25) is 0 Å². The predicted molar refractivity (Wildman–Crippen MR) is 107 cm³/mol. The molecule has 1 amide bonds. The first-order valence-electron chi connectivity index (χ1n) is 9.11. The molecule has 0 radical (unpaired) electrons. The van der Waals surface area contributed by atoms with E-state index in [-0.39, 0.29) is 10.8 Å². The van der Waals surface area contributed by atoms with Gasteiger partial charge >= 0.3 is 0 Å². The van der Waals surface area contributed by atoms with E-state index < -0.39 is 15.6 Å². The largest absolute Gasteiger partial charge is 0.337 e. The van der Waals surface area contributed by atoms with E-state index in [2.05, 4.69) is 14.7 Å². The van der Waals surface area contributed by atoms with Crippen molar-refractivity contribution in [3.8, 4) is 0 Å². The second kappa shape index (κ2) is 7.84. The summed E-state index contributed by atoms with van der Waals surface area (Å²) in [6, 6.07) is 7.93. The van der Waals surface area contributed by atoms with Crippen LogP contribution in [-0.2, 0) is 10.0 Å². The van der Waals surface area contributed by atoms with Crippen LogP contribution in [0.15, 0.2) is 47.6 Å². The molecule has 1 aromatic carbocycles. The Balaban J connectivity index is 1.70. The number of nitrogens with zero attached hydrogens (tertiary/aromatic N) is 4. The third-order valence-corrected chi connectivity index (χ3v) is 5.99. The van der Waals surface area contributed by atoms with E-state index in [1.165, 1.54) is 12.1 Å². The fourth-order valence-corrected chi connectivity index (χ4v) is 4.47. The minimum Gasteiger partial charge on any atom is -0.337 e. The highest BCUT2D eigenvalue weighted by molar-refractivity contribution is 7.89. The molecule has 0 unspecified atom stereocenters. The molecule has 0 bridgehead atoms. The maximum absolute atomic E-state index is 12.9. The zero-order valence-corrected chi connectivity index (χ0v) is 17.1. The van der Waals surface area contributed by atoms with Crippen LogP contribution in [-0.4, -0.2) is 60.9 Å². The molecule has 1 aliphatic rings. The van der Waals surface area contributed by atoms with Crippen molar-refractivity contribution in [1.82, 2.24) is 19.6 Å². The van der Waals surface area contributed by atoms with Crippen LogP contribution in [0, 0.1) is 0 Å². The lowest BCUT2D eigenvalue weighted by Crippen LogP contribution is -2.49. The van der Waals surface area contributed by atoms with E-state index in [4.69, 9.17) is 0 Å². The zero-order valence-electron chi connectivity index (χ0n) is 16.3. The van der Waals surface area contributed by atoms with E-state index in [1.807, 2.05) is 4.90 Å². The molecule has 0 saturated carbocycles. The van der Waals surface area contributed by atoms with Crippen LogP contribution in [0.4, 0.5) is 5.95 Å². The van der Waals surface area contributed by atoms with Crippen molar-refractivity contribution in [3.63, 3.8) is 0 Å². The molecule has 2 heterocycles. The molecule has 28 heavy (non-hydrogen) atoms. The molecule has 150 valence electrons. The van der Waals surface area contributed by atoms with Gasteiger partial charge in [0, 0.05) is 49.7 Å². The summed E-state index contributed by atoms with van der Waals surface area (Å²) < 4.78 is 27.7. The van der Waals surface area contributed by atoms with Gasteiger partial charge < -0.3 is 9.80 Å². The van der Waals surface area contributed by atoms with Crippen LogP contribution in [0.3, 0.4) is 0 Å². The topological polar surface area (TPSA) is 95.5 Å².